The van der Waals surface area contributed by atoms with E-state index in [-0.39, 0.29) is 0 Å². The van der Waals surface area contributed by atoms with Crippen LogP contribution in [-0.4, -0.2) is 7.05 Å². The summed E-state index contributed by atoms with van der Waals surface area (Å²) in [5, 5.41) is 2.12. The Morgan fingerprint density at radius 1 is 1.18 bits per heavy atom. The van der Waals surface area contributed by atoms with Gasteiger partial charge < -0.3 is 5.73 Å². The quantitative estimate of drug-likeness (QED) is 0.641. The highest BCUT2D eigenvalue weighted by Gasteiger charge is 1.87. The molecule has 0 saturated heterocycles. The highest BCUT2D eigenvalue weighted by molar-refractivity contribution is 7.10. The highest BCUT2D eigenvalue weighted by atomic mass is 32.1. The van der Waals surface area contributed by atoms with Crippen LogP contribution < -0.4 is 5.73 Å². The van der Waals surface area contributed by atoms with Gasteiger partial charge in [0, 0.05) is 4.88 Å². The van der Waals surface area contributed by atoms with Crippen LogP contribution in [0.4, 0.5) is 0 Å². The average molecular weight is 173 g/mol. The second kappa shape index (κ2) is 9.66. The number of rotatable bonds is 0. The summed E-state index contributed by atoms with van der Waals surface area (Å²) in [7, 11) is 1.50. The minimum Gasteiger partial charge on any atom is -0.333 e. The monoisotopic (exact) mass is 173 g/mol. The normalized spacial score (nSPS) is 7.09. The van der Waals surface area contributed by atoms with Crippen LogP contribution in [0.3, 0.4) is 0 Å². The molecule has 0 spiro atoms. The van der Waals surface area contributed by atoms with E-state index in [2.05, 4.69) is 31.0 Å². The van der Waals surface area contributed by atoms with Gasteiger partial charge in [-0.2, -0.15) is 0 Å². The predicted molar refractivity (Wildman–Crippen MR) is 55.3 cm³/mol. The zero-order valence-electron chi connectivity index (χ0n) is 8.14. The van der Waals surface area contributed by atoms with Gasteiger partial charge in [-0.15, -0.1) is 11.3 Å². The molecule has 0 atom stereocenters. The Morgan fingerprint density at radius 2 is 1.64 bits per heavy atom. The van der Waals surface area contributed by atoms with E-state index in [0.29, 0.717) is 0 Å². The summed E-state index contributed by atoms with van der Waals surface area (Å²) in [4.78, 5) is 1.43. The lowest BCUT2D eigenvalue weighted by Crippen LogP contribution is -1.69. The van der Waals surface area contributed by atoms with Gasteiger partial charge in [-0.1, -0.05) is 13.8 Å². The van der Waals surface area contributed by atoms with Gasteiger partial charge in [0.2, 0.25) is 0 Å². The lowest BCUT2D eigenvalue weighted by atomic mass is 10.3. The first-order chi connectivity index (χ1) is 5.30. The van der Waals surface area contributed by atoms with Crippen molar-refractivity contribution in [2.45, 2.75) is 27.7 Å². The van der Waals surface area contributed by atoms with Crippen LogP contribution in [0.5, 0.6) is 0 Å². The summed E-state index contributed by atoms with van der Waals surface area (Å²) in [5.74, 6) is 0. The second-order valence-electron chi connectivity index (χ2n) is 1.66. The fourth-order valence-corrected chi connectivity index (χ4v) is 1.18. The van der Waals surface area contributed by atoms with Crippen LogP contribution in [-0.2, 0) is 0 Å². The molecule has 0 unspecified atom stereocenters. The molecule has 1 heterocycles. The third-order valence-electron chi connectivity index (χ3n) is 1.12. The van der Waals surface area contributed by atoms with Crippen LogP contribution in [0.15, 0.2) is 11.4 Å². The number of hydrogen-bond acceptors (Lipinski definition) is 2. The SMILES string of the molecule is CC.CN.Cc1ccsc1C. The molecule has 11 heavy (non-hydrogen) atoms. The van der Waals surface area contributed by atoms with E-state index < -0.39 is 0 Å². The van der Waals surface area contributed by atoms with Crippen LogP contribution in [0.2, 0.25) is 0 Å². The lowest BCUT2D eigenvalue weighted by Gasteiger charge is -1.79. The first kappa shape index (κ1) is 13.3. The molecule has 1 nitrogen and oxygen atoms in total. The van der Waals surface area contributed by atoms with Crippen LogP contribution in [0, 0.1) is 13.8 Å². The number of nitrogens with two attached hydrogens (primary N) is 1. The molecule has 0 amide bonds. The molecule has 66 valence electrons. The topological polar surface area (TPSA) is 26.0 Å². The minimum atomic E-state index is 1.41. The summed E-state index contributed by atoms with van der Waals surface area (Å²) in [6.07, 6.45) is 0. The fraction of sp³-hybridized carbons (Fsp3) is 0.556. The van der Waals surface area contributed by atoms with Crippen molar-refractivity contribution in [3.8, 4) is 0 Å². The van der Waals surface area contributed by atoms with Gasteiger partial charge in [-0.3, -0.25) is 0 Å². The van der Waals surface area contributed by atoms with Gasteiger partial charge in [0.25, 0.3) is 0 Å². The summed E-state index contributed by atoms with van der Waals surface area (Å²) in [6.45, 7) is 8.27. The Morgan fingerprint density at radius 3 is 1.73 bits per heavy atom. The van der Waals surface area contributed by atoms with Crippen molar-refractivity contribution in [3.63, 3.8) is 0 Å². The molecular formula is C9H19NS. The van der Waals surface area contributed by atoms with Gasteiger partial charge in [-0.25, -0.2) is 0 Å². The number of aryl methyl sites for hydroxylation is 2. The summed E-state index contributed by atoms with van der Waals surface area (Å²) < 4.78 is 0. The standard InChI is InChI=1S/C6H8S.C2H6.CH5N/c1-5-3-4-7-6(5)2;2*1-2/h3-4H,1-2H3;1-2H3;2H2,1H3. The lowest BCUT2D eigenvalue weighted by molar-refractivity contribution is 1.44. The molecule has 0 aliphatic carbocycles. The van der Waals surface area contributed by atoms with Crippen molar-refractivity contribution < 1.29 is 0 Å². The molecule has 2 N–H and O–H groups in total. The van der Waals surface area contributed by atoms with E-state index in [1.807, 2.05) is 13.8 Å². The summed E-state index contributed by atoms with van der Waals surface area (Å²) in [5.41, 5.74) is 5.91. The Labute approximate surface area is 74.2 Å². The maximum absolute atomic E-state index is 4.50. The molecule has 0 aliphatic heterocycles. The fourth-order valence-electron chi connectivity index (χ4n) is 0.448. The summed E-state index contributed by atoms with van der Waals surface area (Å²) in [6, 6.07) is 2.14. The number of thiophene rings is 1. The second-order valence-corrected chi connectivity index (χ2v) is 2.78. The van der Waals surface area contributed by atoms with Crippen molar-refractivity contribution in [2.75, 3.05) is 7.05 Å². The van der Waals surface area contributed by atoms with Gasteiger partial charge >= 0.3 is 0 Å². The zero-order chi connectivity index (χ0) is 9.28. The molecule has 1 aromatic rings. The summed E-state index contributed by atoms with van der Waals surface area (Å²) >= 11 is 1.80. The molecule has 0 aliphatic rings. The third kappa shape index (κ3) is 6.07. The number of hydrogen-bond donors (Lipinski definition) is 1. The molecule has 0 saturated carbocycles. The van der Waals surface area contributed by atoms with Crippen molar-refractivity contribution in [1.82, 2.24) is 0 Å². The smallest absolute Gasteiger partial charge is 0.00433 e. The van der Waals surface area contributed by atoms with Gasteiger partial charge in [0.1, 0.15) is 0 Å². The minimum absolute atomic E-state index is 1.41. The van der Waals surface area contributed by atoms with Crippen molar-refractivity contribution in [1.29, 1.82) is 0 Å². The molecular weight excluding hydrogens is 154 g/mol. The molecule has 1 rings (SSSR count). The van der Waals surface area contributed by atoms with Gasteiger partial charge in [0.15, 0.2) is 0 Å². The van der Waals surface area contributed by atoms with Crippen molar-refractivity contribution in [2.24, 2.45) is 5.73 Å². The maximum atomic E-state index is 4.50. The molecule has 1 aromatic heterocycles. The van der Waals surface area contributed by atoms with E-state index in [9.17, 15) is 0 Å². The average Bonchev–Trinajstić information content (AvgIpc) is 2.44. The van der Waals surface area contributed by atoms with Crippen LogP contribution in [0.1, 0.15) is 24.3 Å². The Bertz CT molecular complexity index is 142. The molecule has 2 heteroatoms. The van der Waals surface area contributed by atoms with Crippen LogP contribution in [0.25, 0.3) is 0 Å². The van der Waals surface area contributed by atoms with Crippen molar-refractivity contribution in [3.05, 3.63) is 21.9 Å². The van der Waals surface area contributed by atoms with E-state index in [1.54, 1.807) is 11.3 Å². The molecule has 0 bridgehead atoms. The van der Waals surface area contributed by atoms with Gasteiger partial charge in [0.05, 0.1) is 0 Å². The molecule has 0 aromatic carbocycles. The molecule has 0 radical (unpaired) electrons. The van der Waals surface area contributed by atoms with Gasteiger partial charge in [-0.05, 0) is 37.9 Å². The van der Waals surface area contributed by atoms with Crippen molar-refractivity contribution >= 4 is 11.3 Å². The maximum Gasteiger partial charge on any atom is 0.00433 e. The Kier molecular flexibility index (Phi) is 11.6. The zero-order valence-corrected chi connectivity index (χ0v) is 8.96. The highest BCUT2D eigenvalue weighted by Crippen LogP contribution is 2.12. The van der Waals surface area contributed by atoms with E-state index in [1.165, 1.54) is 17.5 Å². The van der Waals surface area contributed by atoms with E-state index in [0.717, 1.165) is 0 Å². The third-order valence-corrected chi connectivity index (χ3v) is 2.07. The molecule has 0 fully saturated rings. The van der Waals surface area contributed by atoms with Crippen LogP contribution >= 0.6 is 11.3 Å². The predicted octanol–water partition coefficient (Wildman–Crippen LogP) is 2.97. The first-order valence-corrected chi connectivity index (χ1v) is 4.77. The van der Waals surface area contributed by atoms with E-state index in [4.69, 9.17) is 0 Å². The van der Waals surface area contributed by atoms with E-state index >= 15 is 0 Å². The first-order valence-electron chi connectivity index (χ1n) is 3.89. The largest absolute Gasteiger partial charge is 0.333 e. The Balaban J connectivity index is 0. The Hall–Kier alpha value is -0.340.